The summed E-state index contributed by atoms with van der Waals surface area (Å²) in [6.07, 6.45) is 11.1. The predicted octanol–water partition coefficient (Wildman–Crippen LogP) is 19.0. The van der Waals surface area contributed by atoms with Crippen LogP contribution >= 0.6 is 0 Å². The van der Waals surface area contributed by atoms with E-state index >= 15 is 0 Å². The number of phenols is 3. The lowest BCUT2D eigenvalue weighted by atomic mass is 9.78. The Bertz CT molecular complexity index is 3910. The number of carbonyl (C=O) groups excluding carboxylic acids is 2. The summed E-state index contributed by atoms with van der Waals surface area (Å²) in [5, 5.41) is 35.5. The molecule has 0 atom stereocenters. The van der Waals surface area contributed by atoms with Crippen molar-refractivity contribution in [2.75, 3.05) is 44.3 Å². The van der Waals surface area contributed by atoms with Gasteiger partial charge in [-0.3, -0.25) is 9.59 Å². The molecule has 1 aromatic heterocycles. The molecule has 0 unspecified atom stereocenters. The minimum Gasteiger partial charge on any atom is -0.507 e. The summed E-state index contributed by atoms with van der Waals surface area (Å²) in [6, 6.07) is 40.9. The monoisotopic (exact) mass is 1280 g/mol. The summed E-state index contributed by atoms with van der Waals surface area (Å²) in [4.78, 5) is 29.1. The van der Waals surface area contributed by atoms with E-state index in [9.17, 15) is 24.9 Å². The number of rotatable bonds is 21. The Hall–Kier alpha value is -8.11. The van der Waals surface area contributed by atoms with Gasteiger partial charge < -0.3 is 34.3 Å². The number of carbonyl (C=O) groups is 2. The number of para-hydroxylation sites is 1. The second-order valence-corrected chi connectivity index (χ2v) is 32.2. The number of likely N-dealkylation sites (N-methyl/N-ethyl adjacent to an activating group) is 2. The van der Waals surface area contributed by atoms with Gasteiger partial charge in [0, 0.05) is 60.2 Å². The Morgan fingerprint density at radius 1 is 0.495 bits per heavy atom. The maximum Gasteiger partial charge on any atom is 0.306 e. The molecular weight excluding hydrogens is 1170 g/mol. The zero-order valence-electron chi connectivity index (χ0n) is 61.1. The number of anilines is 1. The molecule has 1 aliphatic rings. The van der Waals surface area contributed by atoms with Crippen LogP contribution in [0.3, 0.4) is 0 Å². The van der Waals surface area contributed by atoms with E-state index < -0.39 is 0 Å². The van der Waals surface area contributed by atoms with Gasteiger partial charge in [0.25, 0.3) is 0 Å². The van der Waals surface area contributed by atoms with Crippen molar-refractivity contribution < 1.29 is 39.0 Å². The molecule has 0 radical (unpaired) electrons. The highest BCUT2D eigenvalue weighted by Gasteiger charge is 2.32. The molecule has 0 amide bonds. The summed E-state index contributed by atoms with van der Waals surface area (Å²) < 4.78 is 16.6. The topological polar surface area (TPSA) is 124 Å². The van der Waals surface area contributed by atoms with E-state index in [1.807, 2.05) is 24.3 Å². The first-order valence-corrected chi connectivity index (χ1v) is 34.6. The number of aryl methyl sites for hydroxylation is 4. The fourth-order valence-electron chi connectivity index (χ4n) is 13.1. The van der Waals surface area contributed by atoms with Gasteiger partial charge in [0.05, 0.1) is 12.2 Å². The first kappa shape index (κ1) is 72.7. The second-order valence-electron chi connectivity index (χ2n) is 32.2. The van der Waals surface area contributed by atoms with Crippen LogP contribution in [-0.2, 0) is 77.4 Å². The van der Waals surface area contributed by atoms with Gasteiger partial charge in [-0.2, -0.15) is 0 Å². The van der Waals surface area contributed by atoms with Gasteiger partial charge in [0.2, 0.25) is 0 Å². The summed E-state index contributed by atoms with van der Waals surface area (Å²) in [5.74, 6) is 0.539. The summed E-state index contributed by atoms with van der Waals surface area (Å²) >= 11 is 0. The fourth-order valence-corrected chi connectivity index (χ4v) is 13.1. The van der Waals surface area contributed by atoms with Gasteiger partial charge in [0.15, 0.2) is 12.3 Å². The van der Waals surface area contributed by atoms with Crippen LogP contribution in [0.2, 0.25) is 0 Å². The van der Waals surface area contributed by atoms with E-state index in [2.05, 4.69) is 268 Å². The van der Waals surface area contributed by atoms with Gasteiger partial charge >= 0.3 is 11.9 Å². The quantitative estimate of drug-likeness (QED) is 0.0480. The van der Waals surface area contributed by atoms with Gasteiger partial charge in [-0.05, 0) is 168 Å². The van der Waals surface area contributed by atoms with Crippen LogP contribution in [-0.4, -0.2) is 81.5 Å². The van der Waals surface area contributed by atoms with E-state index in [4.69, 9.17) is 9.47 Å². The predicted molar refractivity (Wildman–Crippen MR) is 395 cm³/mol. The van der Waals surface area contributed by atoms with E-state index in [1.54, 1.807) is 0 Å². The van der Waals surface area contributed by atoms with Crippen LogP contribution in [0.25, 0.3) is 27.7 Å². The van der Waals surface area contributed by atoms with E-state index in [0.29, 0.717) is 62.8 Å². The van der Waals surface area contributed by atoms with Crippen molar-refractivity contribution in [3.05, 3.63) is 206 Å². The number of fused-ring (bicyclic) bond motifs is 1. The standard InChI is InChI=1S/C85H109N3O7/c1-21-86(46-48-94-72(89)42-32-56-50-65(80(3,4)5)77(91)66(51-56)81(6,7)8)62-38-34-59(35-39-62)74(60-36-40-63(41-37-60)87(22-2)47-49-95-73(90)43-33-57-52-67(82(9,10)11)78(92)68(53-57)83(12,13)14)75-64-30-26-27-31-71(64)88(76(75)61-28-24-23-25-29-61)45-44-58-54-69(84(15,16)17)79(93)70(55-58)85(18,19)20/h23-31,34-41,50-55H,21-22,32-33,42-49H2,1-20H3,(H2-,91,92,93)/p+1. The number of hydrogen-bond acceptors (Lipinski definition) is 8. The highest BCUT2D eigenvalue weighted by molar-refractivity contribution is 6.08. The zero-order chi connectivity index (χ0) is 69.8. The van der Waals surface area contributed by atoms with Crippen molar-refractivity contribution in [1.29, 1.82) is 0 Å². The molecule has 0 aliphatic heterocycles. The molecule has 10 nitrogen and oxygen atoms in total. The molecule has 0 saturated heterocycles. The Labute approximate surface area is 569 Å². The molecule has 95 heavy (non-hydrogen) atoms. The Morgan fingerprint density at radius 3 is 1.33 bits per heavy atom. The summed E-state index contributed by atoms with van der Waals surface area (Å²) in [7, 11) is 0. The molecule has 1 heterocycles. The van der Waals surface area contributed by atoms with Crippen LogP contribution < -0.4 is 4.90 Å². The number of phenolic OH excluding ortho intramolecular Hbond substituents is 3. The maximum absolute atomic E-state index is 13.4. The number of benzene rings is 6. The third-order valence-electron chi connectivity index (χ3n) is 18.5. The minimum atomic E-state index is -0.269. The van der Waals surface area contributed by atoms with Gasteiger partial charge in [-0.25, -0.2) is 4.58 Å². The molecule has 7 aromatic rings. The third kappa shape index (κ3) is 17.5. The van der Waals surface area contributed by atoms with Crippen molar-refractivity contribution in [3.8, 4) is 28.5 Å². The van der Waals surface area contributed by atoms with Crippen LogP contribution in [0.1, 0.15) is 213 Å². The molecule has 506 valence electrons. The highest BCUT2D eigenvalue weighted by atomic mass is 16.5. The van der Waals surface area contributed by atoms with Crippen molar-refractivity contribution in [3.63, 3.8) is 0 Å². The normalized spacial score (nSPS) is 13.2. The molecule has 8 rings (SSSR count). The number of allylic oxidation sites excluding steroid dienone is 5. The lowest BCUT2D eigenvalue weighted by Crippen LogP contribution is -2.28. The first-order valence-electron chi connectivity index (χ1n) is 34.6. The molecule has 0 spiro atoms. The zero-order valence-corrected chi connectivity index (χ0v) is 61.1. The average Bonchev–Trinajstić information content (AvgIpc) is 1.61. The summed E-state index contributed by atoms with van der Waals surface area (Å²) in [6.45, 7) is 46.1. The van der Waals surface area contributed by atoms with Crippen LogP contribution in [0.15, 0.2) is 145 Å². The van der Waals surface area contributed by atoms with E-state index in [1.165, 1.54) is 5.56 Å². The Kier molecular flexibility index (Phi) is 22.3. The number of aromatic hydroxyl groups is 3. The smallest absolute Gasteiger partial charge is 0.306 e. The number of aromatic nitrogens is 1. The average molecular weight is 1290 g/mol. The molecule has 0 bridgehead atoms. The molecule has 0 fully saturated rings. The van der Waals surface area contributed by atoms with Crippen molar-refractivity contribution in [2.24, 2.45) is 0 Å². The third-order valence-corrected chi connectivity index (χ3v) is 18.5. The largest absolute Gasteiger partial charge is 0.507 e. The maximum atomic E-state index is 13.4. The van der Waals surface area contributed by atoms with Crippen molar-refractivity contribution >= 4 is 39.8 Å². The lowest BCUT2D eigenvalue weighted by molar-refractivity contribution is -0.524. The van der Waals surface area contributed by atoms with Crippen LogP contribution in [0, 0.1) is 0 Å². The molecule has 6 aromatic carbocycles. The Balaban J connectivity index is 1.12. The number of hydrogen-bond donors (Lipinski definition) is 3. The van der Waals surface area contributed by atoms with Gasteiger partial charge in [-0.15, -0.1) is 0 Å². The van der Waals surface area contributed by atoms with E-state index in [0.717, 1.165) is 107 Å². The molecular formula is C85H110N3O7+. The lowest BCUT2D eigenvalue weighted by Gasteiger charge is -2.28. The molecule has 3 N–H and O–H groups in total. The first-order chi connectivity index (χ1) is 44.4. The van der Waals surface area contributed by atoms with E-state index in [-0.39, 0.29) is 70.5 Å². The SMILES string of the molecule is CCN(CCOC(=O)CCc1cc(C(C)(C)C)c(O)c(C(C)(C)C)c1)c1ccc(C(=C2C=CC(=[N+](CC)CCOC(=O)CCc3cc(C(C)(C)C)c(O)c(C(C)(C)C)c3)C=C2)c2c(-c3ccccc3)n(CCc3cc(C(C)(C)C)c(O)c(C(C)(C)C)c3)c3ccccc23)cc1. The van der Waals surface area contributed by atoms with Gasteiger partial charge in [-0.1, -0.05) is 222 Å². The fraction of sp³-hybridized carbons (Fsp3) is 0.447. The number of nitrogens with zero attached hydrogens (tertiary/aromatic N) is 3. The summed E-state index contributed by atoms with van der Waals surface area (Å²) in [5.41, 5.74) is 16.7. The second kappa shape index (κ2) is 29.1. The Morgan fingerprint density at radius 2 is 0.905 bits per heavy atom. The minimum absolute atomic E-state index is 0.236. The van der Waals surface area contributed by atoms with Crippen molar-refractivity contribution in [2.45, 2.75) is 210 Å². The van der Waals surface area contributed by atoms with Crippen LogP contribution in [0.5, 0.6) is 17.2 Å². The number of ether oxygens (including phenoxy) is 2. The molecule has 0 saturated carbocycles. The molecule has 1 aliphatic carbocycles. The van der Waals surface area contributed by atoms with Gasteiger partial charge in [0.1, 0.15) is 37.0 Å². The molecule has 10 heteroatoms. The van der Waals surface area contributed by atoms with Crippen LogP contribution in [0.4, 0.5) is 5.69 Å². The number of esters is 2. The highest BCUT2D eigenvalue weighted by Crippen LogP contribution is 2.46. The van der Waals surface area contributed by atoms with Crippen molar-refractivity contribution in [1.82, 2.24) is 4.57 Å².